The van der Waals surface area contributed by atoms with Gasteiger partial charge in [0.2, 0.25) is 0 Å². The Kier molecular flexibility index (Phi) is 7.37. The molecule has 3 rings (SSSR count). The third-order valence-electron chi connectivity index (χ3n) is 6.16. The van der Waals surface area contributed by atoms with E-state index in [-0.39, 0.29) is 5.82 Å². The van der Waals surface area contributed by atoms with Gasteiger partial charge in [-0.15, -0.1) is 0 Å². The molecule has 1 aliphatic rings. The monoisotopic (exact) mass is 368 g/mol. The molecule has 1 aromatic carbocycles. The highest BCUT2D eigenvalue weighted by Gasteiger charge is 2.20. The van der Waals surface area contributed by atoms with Crippen molar-refractivity contribution in [1.29, 1.82) is 0 Å². The Hall–Kier alpha value is -1.77. The van der Waals surface area contributed by atoms with Crippen molar-refractivity contribution in [2.75, 3.05) is 0 Å². The predicted molar refractivity (Wildman–Crippen MR) is 110 cm³/mol. The van der Waals surface area contributed by atoms with Gasteiger partial charge in [0, 0.05) is 5.56 Å². The van der Waals surface area contributed by atoms with Crippen molar-refractivity contribution < 1.29 is 4.39 Å². The number of hydrogen-bond acceptors (Lipinski definition) is 2. The molecule has 0 aliphatic heterocycles. The molecule has 1 fully saturated rings. The van der Waals surface area contributed by atoms with Crippen molar-refractivity contribution in [3.05, 3.63) is 47.4 Å². The van der Waals surface area contributed by atoms with Gasteiger partial charge in [0.1, 0.15) is 5.82 Å². The number of unbranched alkanes of at least 4 members (excludes halogenated alkanes) is 1. The minimum absolute atomic E-state index is 0.186. The van der Waals surface area contributed by atoms with Crippen LogP contribution in [0.4, 0.5) is 4.39 Å². The summed E-state index contributed by atoms with van der Waals surface area (Å²) in [6.07, 6.45) is 12.6. The lowest BCUT2D eigenvalue weighted by Crippen LogP contribution is -2.15. The van der Waals surface area contributed by atoms with Crippen LogP contribution in [0.15, 0.2) is 30.3 Å². The summed E-state index contributed by atoms with van der Waals surface area (Å²) >= 11 is 0. The van der Waals surface area contributed by atoms with E-state index < -0.39 is 0 Å². The van der Waals surface area contributed by atoms with Crippen LogP contribution in [0.2, 0.25) is 0 Å². The number of aryl methyl sites for hydroxylation is 2. The van der Waals surface area contributed by atoms with E-state index in [4.69, 9.17) is 0 Å². The largest absolute Gasteiger partial charge is 0.206 e. The summed E-state index contributed by atoms with van der Waals surface area (Å²) in [5.74, 6) is 1.59. The van der Waals surface area contributed by atoms with Crippen LogP contribution in [-0.2, 0) is 12.8 Å². The predicted octanol–water partition coefficient (Wildman–Crippen LogP) is 6.77. The van der Waals surface area contributed by atoms with Gasteiger partial charge in [-0.25, -0.2) is 4.39 Å². The van der Waals surface area contributed by atoms with Crippen LogP contribution >= 0.6 is 0 Å². The summed E-state index contributed by atoms with van der Waals surface area (Å²) in [5.41, 5.74) is 3.19. The number of halogens is 1. The quantitative estimate of drug-likeness (QED) is 0.513. The van der Waals surface area contributed by atoms with Crippen molar-refractivity contribution in [2.45, 2.75) is 78.1 Å². The van der Waals surface area contributed by atoms with Crippen LogP contribution in [0.3, 0.4) is 0 Å². The molecule has 1 aliphatic carbocycles. The van der Waals surface area contributed by atoms with Gasteiger partial charge in [0.05, 0.1) is 11.4 Å². The lowest BCUT2D eigenvalue weighted by Gasteiger charge is -2.28. The third-order valence-corrected chi connectivity index (χ3v) is 6.16. The maximum Gasteiger partial charge on any atom is 0.132 e. The van der Waals surface area contributed by atoms with Gasteiger partial charge in [0.25, 0.3) is 0 Å². The zero-order valence-electron chi connectivity index (χ0n) is 16.9. The second-order valence-corrected chi connectivity index (χ2v) is 8.15. The van der Waals surface area contributed by atoms with Crippen molar-refractivity contribution >= 4 is 0 Å². The third kappa shape index (κ3) is 5.60. The fourth-order valence-electron chi connectivity index (χ4n) is 4.29. The fraction of sp³-hybridized carbons (Fsp3) is 0.583. The number of rotatable bonds is 8. The number of hydrogen-bond donors (Lipinski definition) is 0. The Balaban J connectivity index is 1.52. The minimum atomic E-state index is -0.186. The van der Waals surface area contributed by atoms with Gasteiger partial charge in [-0.2, -0.15) is 10.2 Å². The second-order valence-electron chi connectivity index (χ2n) is 8.15. The van der Waals surface area contributed by atoms with Gasteiger partial charge in [0.15, 0.2) is 0 Å². The van der Waals surface area contributed by atoms with E-state index in [2.05, 4.69) is 23.2 Å². The number of nitrogens with zero attached hydrogens (tertiary/aromatic N) is 2. The van der Waals surface area contributed by atoms with Crippen LogP contribution in [0.25, 0.3) is 11.3 Å². The molecule has 0 atom stereocenters. The molecule has 2 nitrogen and oxygen atoms in total. The van der Waals surface area contributed by atoms with Crippen LogP contribution in [0, 0.1) is 17.7 Å². The summed E-state index contributed by atoms with van der Waals surface area (Å²) in [4.78, 5) is 0. The number of aromatic nitrogens is 2. The van der Waals surface area contributed by atoms with E-state index in [1.54, 1.807) is 6.07 Å². The van der Waals surface area contributed by atoms with E-state index in [0.717, 1.165) is 35.9 Å². The van der Waals surface area contributed by atoms with Gasteiger partial charge < -0.3 is 0 Å². The van der Waals surface area contributed by atoms with Gasteiger partial charge in [-0.3, -0.25) is 0 Å². The van der Waals surface area contributed by atoms with Crippen LogP contribution in [-0.4, -0.2) is 10.2 Å². The molecule has 27 heavy (non-hydrogen) atoms. The molecule has 0 unspecified atom stereocenters. The molecule has 1 saturated carbocycles. The molecule has 2 aromatic rings. The van der Waals surface area contributed by atoms with E-state index in [1.165, 1.54) is 51.4 Å². The highest BCUT2D eigenvalue weighted by molar-refractivity contribution is 5.59. The van der Waals surface area contributed by atoms with Crippen molar-refractivity contribution in [3.8, 4) is 11.3 Å². The average Bonchev–Trinajstić information content (AvgIpc) is 2.72. The maximum atomic E-state index is 14.6. The Morgan fingerprint density at radius 2 is 1.67 bits per heavy atom. The first-order chi connectivity index (χ1) is 13.2. The molecule has 0 amide bonds. The van der Waals surface area contributed by atoms with E-state index in [1.807, 2.05) is 25.1 Å². The summed E-state index contributed by atoms with van der Waals surface area (Å²) < 4.78 is 14.6. The van der Waals surface area contributed by atoms with Crippen LogP contribution < -0.4 is 0 Å². The molecule has 0 N–H and O–H groups in total. The Morgan fingerprint density at radius 1 is 0.926 bits per heavy atom. The van der Waals surface area contributed by atoms with E-state index in [9.17, 15) is 4.39 Å². The smallest absolute Gasteiger partial charge is 0.132 e. The second kappa shape index (κ2) is 9.96. The van der Waals surface area contributed by atoms with Crippen molar-refractivity contribution in [2.24, 2.45) is 11.8 Å². The van der Waals surface area contributed by atoms with Crippen molar-refractivity contribution in [3.63, 3.8) is 0 Å². The molecule has 0 radical (unpaired) electrons. The normalized spacial score (nSPS) is 20.0. The molecule has 3 heteroatoms. The lowest BCUT2D eigenvalue weighted by atomic mass is 9.78. The highest BCUT2D eigenvalue weighted by atomic mass is 19.1. The topological polar surface area (TPSA) is 25.8 Å². The molecule has 0 saturated heterocycles. The molecule has 0 spiro atoms. The van der Waals surface area contributed by atoms with Crippen LogP contribution in [0.1, 0.15) is 76.5 Å². The lowest BCUT2D eigenvalue weighted by molar-refractivity contribution is 0.250. The Labute approximate surface area is 163 Å². The van der Waals surface area contributed by atoms with Gasteiger partial charge >= 0.3 is 0 Å². The highest BCUT2D eigenvalue weighted by Crippen LogP contribution is 2.34. The first kappa shape index (κ1) is 20.0. The first-order valence-electron chi connectivity index (χ1n) is 10.8. The van der Waals surface area contributed by atoms with Gasteiger partial charge in [-0.1, -0.05) is 64.9 Å². The van der Waals surface area contributed by atoms with Crippen molar-refractivity contribution in [1.82, 2.24) is 10.2 Å². The van der Waals surface area contributed by atoms with E-state index in [0.29, 0.717) is 11.3 Å². The Morgan fingerprint density at radius 3 is 2.26 bits per heavy atom. The first-order valence-corrected chi connectivity index (χ1v) is 10.8. The number of benzene rings is 1. The fourth-order valence-corrected chi connectivity index (χ4v) is 4.29. The standard InChI is InChI=1S/C24H33FN2/c1-3-5-6-18-7-9-19(10-8-18)11-12-20-13-15-22(23(25)17-20)24-16-14-21(4-2)26-27-24/h13-19H,3-12H2,1-2H3/t18-,19-. The summed E-state index contributed by atoms with van der Waals surface area (Å²) in [6.45, 7) is 4.32. The minimum Gasteiger partial charge on any atom is -0.206 e. The zero-order chi connectivity index (χ0) is 19.1. The zero-order valence-corrected chi connectivity index (χ0v) is 16.9. The summed E-state index contributed by atoms with van der Waals surface area (Å²) in [5, 5.41) is 8.31. The maximum absolute atomic E-state index is 14.6. The van der Waals surface area contributed by atoms with E-state index >= 15 is 0 Å². The SMILES string of the molecule is CCCC[C@H]1CC[C@H](CCc2ccc(-c3ccc(CC)nn3)c(F)c2)CC1. The van der Waals surface area contributed by atoms with Gasteiger partial charge in [-0.05, 0) is 60.9 Å². The Bertz CT molecular complexity index is 703. The average molecular weight is 369 g/mol. The summed E-state index contributed by atoms with van der Waals surface area (Å²) in [7, 11) is 0. The van der Waals surface area contributed by atoms with Crippen LogP contribution in [0.5, 0.6) is 0 Å². The molecule has 1 heterocycles. The molecule has 1 aromatic heterocycles. The molecule has 0 bridgehead atoms. The summed E-state index contributed by atoms with van der Waals surface area (Å²) in [6, 6.07) is 9.40. The molecule has 146 valence electrons. The molecular weight excluding hydrogens is 335 g/mol. The molecular formula is C24H33FN2.